The quantitative estimate of drug-likeness (QED) is 0.0422. The van der Waals surface area contributed by atoms with Gasteiger partial charge in [0.2, 0.25) is 0 Å². The molecule has 0 amide bonds. The van der Waals surface area contributed by atoms with Crippen molar-refractivity contribution in [2.24, 2.45) is 0 Å². The molecule has 0 aromatic heterocycles. The van der Waals surface area contributed by atoms with Gasteiger partial charge in [0.15, 0.2) is 16.6 Å². The van der Waals surface area contributed by atoms with Gasteiger partial charge in [-0.3, -0.25) is 0 Å². The Labute approximate surface area is 758 Å². The number of hydrogen-bond donors (Lipinski definition) is 2. The Morgan fingerprint density at radius 3 is 0.322 bits per heavy atom. The average molecular weight is 2100 g/mol. The normalized spacial score (nSPS) is 15.0. The van der Waals surface area contributed by atoms with Gasteiger partial charge in [0.1, 0.15) is 0 Å². The van der Waals surface area contributed by atoms with Crippen LogP contribution in [0, 0.1) is 0 Å². The zero-order chi connectivity index (χ0) is 94.1. The van der Waals surface area contributed by atoms with E-state index < -0.39 is 179 Å². The minimum Gasteiger partial charge on any atom is -0.436 e. The number of hydrogen-bond acceptors (Lipinski definition) is 32. The summed E-state index contributed by atoms with van der Waals surface area (Å²) >= 11 is 0. The van der Waals surface area contributed by atoms with Crippen molar-refractivity contribution in [3.63, 3.8) is 0 Å². The van der Waals surface area contributed by atoms with Gasteiger partial charge in [-0.25, -0.2) is 0 Å². The summed E-state index contributed by atoms with van der Waals surface area (Å²) < 4.78 is 195. The van der Waals surface area contributed by atoms with E-state index in [0.717, 1.165) is 24.9 Å². The summed E-state index contributed by atoms with van der Waals surface area (Å²) in [7, 11) is -58.4. The first-order valence-electron chi connectivity index (χ1n) is 43.3. The molecule has 32 nitrogen and oxygen atoms in total. The van der Waals surface area contributed by atoms with Crippen LogP contribution in [0.15, 0.2) is 0 Å². The topological polar surface area (TPSA) is 317 Å². The van der Waals surface area contributed by atoms with Crippen LogP contribution in [-0.2, 0) is 130 Å². The lowest BCUT2D eigenvalue weighted by Crippen LogP contribution is -2.63. The van der Waals surface area contributed by atoms with Gasteiger partial charge < -0.3 is 140 Å². The second-order valence-electron chi connectivity index (χ2n) is 39.9. The molecule has 0 unspecified atom stereocenters. The molecule has 0 spiro atoms. The highest BCUT2D eigenvalue weighted by Crippen LogP contribution is 2.36. The van der Waals surface area contributed by atoms with Crippen LogP contribution in [0.3, 0.4) is 0 Å². The van der Waals surface area contributed by atoms with Crippen molar-refractivity contribution in [2.75, 3.05) is 145 Å². The third-order valence-corrected chi connectivity index (χ3v) is 97.7. The minimum atomic E-state index is -2.92. The van der Waals surface area contributed by atoms with Crippen molar-refractivity contribution in [1.29, 1.82) is 0 Å². The Bertz CT molecular complexity index is 2640. The van der Waals surface area contributed by atoms with Crippen LogP contribution in [-0.4, -0.2) is 335 Å². The summed E-state index contributed by atoms with van der Waals surface area (Å²) in [5, 5.41) is 17.5. The fourth-order valence-corrected chi connectivity index (χ4v) is 125. The number of aliphatic hydroxyl groups excluding tert-OH is 2. The second kappa shape index (κ2) is 53.7. The Morgan fingerprint density at radius 1 is 0.124 bits per heavy atom. The minimum absolute atomic E-state index is 0.00880. The lowest BCUT2D eigenvalue weighted by atomic mass is 10.5. The SMILES string of the molecule is C[Si](C)(CCCOCCOCCOCCOCCOCCO)O[Si](C)(C)O[Si](C)(C)O[Si](C)(C)O[Si](C)(C)O[Si](C)(C)O[Si](C)(C)O[Si](C)(C)O[Si](C)(C)O[Si](C)(C)O[Si](C)(C)O[Si](C)(C)O[Si](C)(C)O[Si](C)(C)O[Si](C)(C)O[Si](C)(C)O[Si](C)(C)O[Si](C)(C)O[Si](C)(C)O[Si](C)(C)O[Si](C)(C)CCCOCCOCCOCCOCCOCCO. The van der Waals surface area contributed by atoms with Crippen LogP contribution in [0.1, 0.15) is 12.8 Å². The van der Waals surface area contributed by atoms with Gasteiger partial charge in [-0.15, -0.1) is 0 Å². The molecular formula is C68H180O32Si21. The molecule has 2 N–H and O–H groups in total. The van der Waals surface area contributed by atoms with Crippen molar-refractivity contribution >= 4 is 179 Å². The molecule has 0 aromatic rings. The van der Waals surface area contributed by atoms with E-state index in [1.165, 1.54) is 0 Å². The first kappa shape index (κ1) is 124. The van der Waals surface area contributed by atoms with Crippen LogP contribution in [0.5, 0.6) is 0 Å². The molecule has 121 heavy (non-hydrogen) atoms. The van der Waals surface area contributed by atoms with Crippen molar-refractivity contribution in [3.05, 3.63) is 0 Å². The molecule has 0 bridgehead atoms. The van der Waals surface area contributed by atoms with Crippen LogP contribution < -0.4 is 0 Å². The fraction of sp³-hybridized carbons (Fsp3) is 1.00. The highest BCUT2D eigenvalue weighted by atomic mass is 28.6. The van der Waals surface area contributed by atoms with Crippen molar-refractivity contribution in [1.82, 2.24) is 0 Å². The lowest BCUT2D eigenvalue weighted by molar-refractivity contribution is -0.0132. The number of ether oxygens (including phenoxy) is 10. The van der Waals surface area contributed by atoms with Crippen molar-refractivity contribution in [3.8, 4) is 0 Å². The standard InChI is InChI=1S/C68H180O32Si21/c1-101(2,67-43-47-71-51-55-75-59-63-79-65-61-77-57-53-73-49-45-69)81-103(5,6)83-105(9,10)85-107(13,14)87-109(17,18)89-111(21,22)91-113(25,26)93-115(29,30)95-117(33,34)97-119(37,38)99-121(41,42)100-120(39,40)98-118(35,36)96-116(31,32)94-114(27,28)92-112(23,24)90-110(19,20)88-108(15,16)86-106(11,12)84-104(7,8)82-102(3,4)68-44-48-72-52-56-76-60-64-80-66-62-78-58-54-74-50-46-70/h69-70H,43-68H2,1-42H3. The van der Waals surface area contributed by atoms with E-state index >= 15 is 0 Å². The molecule has 0 radical (unpaired) electrons. The molecule has 0 saturated heterocycles. The Balaban J connectivity index is 5.47. The predicted octanol–water partition coefficient (Wildman–Crippen LogP) is 16.0. The Kier molecular flexibility index (Phi) is 55.1. The molecular weight excluding hydrogens is 1920 g/mol. The van der Waals surface area contributed by atoms with Gasteiger partial charge in [0, 0.05) is 13.2 Å². The van der Waals surface area contributed by atoms with Crippen LogP contribution in [0.2, 0.25) is 287 Å². The predicted molar refractivity (Wildman–Crippen MR) is 530 cm³/mol. The van der Waals surface area contributed by atoms with Gasteiger partial charge in [-0.1, -0.05) is 0 Å². The first-order chi connectivity index (χ1) is 54.3. The monoisotopic (exact) mass is 2100 g/mol. The Hall–Kier alpha value is 3.27. The Morgan fingerprint density at radius 2 is 0.215 bits per heavy atom. The van der Waals surface area contributed by atoms with Crippen molar-refractivity contribution < 1.29 is 140 Å². The van der Waals surface area contributed by atoms with E-state index in [-0.39, 0.29) is 13.2 Å². The zero-order valence-electron chi connectivity index (χ0n) is 84.0. The smallest absolute Gasteiger partial charge is 0.314 e. The highest BCUT2D eigenvalue weighted by molar-refractivity contribution is 6.96. The van der Waals surface area contributed by atoms with E-state index in [9.17, 15) is 0 Å². The maximum Gasteiger partial charge on any atom is 0.314 e. The van der Waals surface area contributed by atoms with Crippen molar-refractivity contribution in [2.45, 2.75) is 300 Å². The van der Waals surface area contributed by atoms with Gasteiger partial charge in [-0.2, -0.15) is 0 Å². The maximum absolute atomic E-state index is 8.75. The summed E-state index contributed by atoms with van der Waals surface area (Å²) in [4.78, 5) is 0. The third kappa shape index (κ3) is 68.0. The lowest BCUT2D eigenvalue weighted by Gasteiger charge is -2.45. The molecule has 0 saturated carbocycles. The molecule has 0 atom stereocenters. The summed E-state index contributed by atoms with van der Waals surface area (Å²) in [5.74, 6) is 0. The average Bonchev–Trinajstić information content (AvgIpc) is 0.801. The summed E-state index contributed by atoms with van der Waals surface area (Å²) in [5.41, 5.74) is 0. The summed E-state index contributed by atoms with van der Waals surface area (Å²) in [6.07, 6.45) is 1.77. The van der Waals surface area contributed by atoms with Gasteiger partial charge >= 0.3 is 163 Å². The third-order valence-electron chi connectivity index (χ3n) is 15.5. The largest absolute Gasteiger partial charge is 0.436 e. The zero-order valence-corrected chi connectivity index (χ0v) is 105. The van der Waals surface area contributed by atoms with E-state index in [1.54, 1.807) is 0 Å². The van der Waals surface area contributed by atoms with Gasteiger partial charge in [0.25, 0.3) is 0 Å². The molecule has 0 aliphatic heterocycles. The van der Waals surface area contributed by atoms with Crippen LogP contribution in [0.4, 0.5) is 0 Å². The molecule has 0 aliphatic carbocycles. The molecule has 0 aromatic carbocycles. The molecule has 53 heteroatoms. The van der Waals surface area contributed by atoms with Crippen LogP contribution >= 0.6 is 0 Å². The highest BCUT2D eigenvalue weighted by Gasteiger charge is 2.55. The number of aliphatic hydroxyl groups is 2. The van der Waals surface area contributed by atoms with Crippen LogP contribution in [0.25, 0.3) is 0 Å². The number of rotatable bonds is 76. The molecule has 0 fully saturated rings. The van der Waals surface area contributed by atoms with Gasteiger partial charge in [-0.05, 0) is 300 Å². The maximum atomic E-state index is 8.75. The summed E-state index contributed by atoms with van der Waals surface area (Å²) in [6, 6.07) is 1.87. The van der Waals surface area contributed by atoms with E-state index in [2.05, 4.69) is 275 Å². The summed E-state index contributed by atoms with van der Waals surface area (Å²) in [6.45, 7) is 97.1. The van der Waals surface area contributed by atoms with E-state index in [1.807, 2.05) is 0 Å². The molecule has 0 aliphatic rings. The molecule has 0 heterocycles. The second-order valence-corrected chi connectivity index (χ2v) is 117. The molecule has 728 valence electrons. The molecule has 0 rings (SSSR count). The van der Waals surface area contributed by atoms with E-state index in [0.29, 0.717) is 132 Å². The first-order valence-corrected chi connectivity index (χ1v) is 103. The fourth-order valence-electron chi connectivity index (χ4n) is 15.8. The van der Waals surface area contributed by atoms with Gasteiger partial charge in [0.05, 0.1) is 132 Å². The van der Waals surface area contributed by atoms with E-state index in [4.69, 9.17) is 140 Å².